The van der Waals surface area contributed by atoms with E-state index in [4.69, 9.17) is 8.39 Å². The van der Waals surface area contributed by atoms with E-state index in [1.54, 1.807) is 0 Å². The van der Waals surface area contributed by atoms with Gasteiger partial charge in [0.05, 0.1) is 0 Å². The number of phenols is 2. The molecular formula is C58H85O4P. The zero-order chi connectivity index (χ0) is 48.4. The summed E-state index contributed by atoms with van der Waals surface area (Å²) in [6, 6.07) is 18.1. The first-order valence-electron chi connectivity index (χ1n) is 23.3. The second-order valence-electron chi connectivity index (χ2n) is 27.2. The predicted molar refractivity (Wildman–Crippen MR) is 274 cm³/mol. The van der Waals surface area contributed by atoms with Crippen LogP contribution >= 0.6 is 8.01 Å². The van der Waals surface area contributed by atoms with Gasteiger partial charge < -0.3 is 18.6 Å². The van der Waals surface area contributed by atoms with Crippen LogP contribution in [0.3, 0.4) is 0 Å². The molecule has 0 unspecified atom stereocenters. The van der Waals surface area contributed by atoms with E-state index in [2.05, 4.69) is 222 Å². The van der Waals surface area contributed by atoms with Crippen molar-refractivity contribution in [3.8, 4) is 11.5 Å². The monoisotopic (exact) mass is 877 g/mol. The summed E-state index contributed by atoms with van der Waals surface area (Å²) >= 11 is 0. The van der Waals surface area contributed by atoms with Crippen LogP contribution in [0.4, 0.5) is 0 Å². The van der Waals surface area contributed by atoms with Crippen LogP contribution in [0.25, 0.3) is 21.9 Å². The van der Waals surface area contributed by atoms with Crippen molar-refractivity contribution < 1.29 is 18.6 Å². The molecule has 0 aliphatic carbocycles. The Kier molecular flexibility index (Phi) is 12.4. The second kappa shape index (κ2) is 15.5. The van der Waals surface area contributed by atoms with Crippen LogP contribution < -0.4 is 0 Å². The van der Waals surface area contributed by atoms with Crippen molar-refractivity contribution in [3.05, 3.63) is 104 Å². The largest absolute Gasteiger partial charge is 0.507 e. The topological polar surface area (TPSA) is 66.7 Å². The number of aromatic hydroxyl groups is 2. The molecule has 2 N–H and O–H groups in total. The van der Waals surface area contributed by atoms with Crippen molar-refractivity contribution in [2.24, 2.45) is 0 Å². The Hall–Kier alpha value is -3.62. The van der Waals surface area contributed by atoms with Crippen LogP contribution in [-0.2, 0) is 48.5 Å². The molecule has 4 nitrogen and oxygen atoms in total. The Morgan fingerprint density at radius 3 is 0.762 bits per heavy atom. The molecule has 0 radical (unpaired) electrons. The maximum Gasteiger partial charge on any atom is 0.232 e. The Bertz CT molecular complexity index is 2420. The van der Waals surface area contributed by atoms with Crippen molar-refractivity contribution in [1.29, 1.82) is 0 Å². The van der Waals surface area contributed by atoms with E-state index in [0.717, 1.165) is 55.3 Å². The molecule has 0 fully saturated rings. The lowest BCUT2D eigenvalue weighted by Crippen LogP contribution is -2.26. The van der Waals surface area contributed by atoms with Crippen LogP contribution in [0.1, 0.15) is 229 Å². The first-order chi connectivity index (χ1) is 28.0. The van der Waals surface area contributed by atoms with E-state index in [1.807, 2.05) is 0 Å². The van der Waals surface area contributed by atoms with Gasteiger partial charge in [-0.15, -0.1) is 0 Å². The van der Waals surface area contributed by atoms with E-state index in [1.165, 1.54) is 11.1 Å². The molecule has 0 aliphatic rings. The normalized spacial score (nSPS) is 14.2. The number of fused-ring (bicyclic) bond motifs is 3. The third-order valence-electron chi connectivity index (χ3n) is 13.1. The highest BCUT2D eigenvalue weighted by Gasteiger charge is 2.46. The average Bonchev–Trinajstić information content (AvgIpc) is 3.24. The Morgan fingerprint density at radius 1 is 0.302 bits per heavy atom. The van der Waals surface area contributed by atoms with Gasteiger partial charge in [0.1, 0.15) is 27.8 Å². The number of phenolic OH excluding ortho intramolecular Hbond substituents is 2. The van der Waals surface area contributed by atoms with Crippen molar-refractivity contribution in [3.63, 3.8) is 0 Å². The van der Waals surface area contributed by atoms with Gasteiger partial charge in [-0.1, -0.05) is 190 Å². The summed E-state index contributed by atoms with van der Waals surface area (Å²) in [7, 11) is -2.12. The van der Waals surface area contributed by atoms with E-state index in [-0.39, 0.29) is 44.0 Å². The highest BCUT2D eigenvalue weighted by atomic mass is 31.1. The lowest BCUT2D eigenvalue weighted by molar-refractivity contribution is 0.419. The Morgan fingerprint density at radius 2 is 0.524 bits per heavy atom. The van der Waals surface area contributed by atoms with E-state index in [9.17, 15) is 10.2 Å². The molecule has 0 saturated heterocycles. The molecule has 5 heteroatoms. The molecule has 0 atom stereocenters. The molecule has 0 spiro atoms. The van der Waals surface area contributed by atoms with Gasteiger partial charge in [0.2, 0.25) is 8.01 Å². The molecule has 63 heavy (non-hydrogen) atoms. The van der Waals surface area contributed by atoms with E-state index >= 15 is 0 Å². The fraction of sp³-hybridized carbons (Fsp3) is 0.586. The molecule has 0 amide bonds. The van der Waals surface area contributed by atoms with Gasteiger partial charge in [0.25, 0.3) is 0 Å². The smallest absolute Gasteiger partial charge is 0.232 e. The number of hydrogen-bond acceptors (Lipinski definition) is 4. The Labute approximate surface area is 384 Å². The van der Waals surface area contributed by atoms with Crippen LogP contribution in [0.15, 0.2) is 56.9 Å². The first kappa shape index (κ1) is 50.4. The summed E-state index contributed by atoms with van der Waals surface area (Å²) < 4.78 is 15.7. The van der Waals surface area contributed by atoms with Gasteiger partial charge in [-0.05, 0) is 108 Å². The number of benzene rings is 4. The Balaban J connectivity index is 2.33. The van der Waals surface area contributed by atoms with Gasteiger partial charge in [0, 0.05) is 33.0 Å². The molecule has 0 bridgehead atoms. The maximum absolute atomic E-state index is 13.1. The summed E-state index contributed by atoms with van der Waals surface area (Å²) in [5.41, 5.74) is 9.20. The summed E-state index contributed by atoms with van der Waals surface area (Å²) in [4.78, 5) is 0. The highest BCUT2D eigenvalue weighted by Crippen LogP contribution is 2.62. The van der Waals surface area contributed by atoms with E-state index < -0.39 is 24.0 Å². The van der Waals surface area contributed by atoms with Crippen LogP contribution in [0.5, 0.6) is 11.5 Å². The van der Waals surface area contributed by atoms with Crippen LogP contribution in [0.2, 0.25) is 0 Å². The third kappa shape index (κ3) is 9.69. The molecule has 5 aromatic rings. The highest BCUT2D eigenvalue weighted by molar-refractivity contribution is 7.39. The van der Waals surface area contributed by atoms with Gasteiger partial charge in [-0.2, -0.15) is 0 Å². The van der Waals surface area contributed by atoms with Gasteiger partial charge in [-0.3, -0.25) is 0 Å². The zero-order valence-electron chi connectivity index (χ0n) is 44.3. The average molecular weight is 877 g/mol. The first-order valence-corrected chi connectivity index (χ1v) is 24.5. The third-order valence-corrected chi connectivity index (χ3v) is 15.1. The minimum Gasteiger partial charge on any atom is -0.507 e. The van der Waals surface area contributed by atoms with Crippen LogP contribution in [-0.4, -0.2) is 10.2 Å². The minimum absolute atomic E-state index is 0.152. The molecule has 4 aromatic carbocycles. The lowest BCUT2D eigenvalue weighted by atomic mass is 9.74. The zero-order valence-corrected chi connectivity index (χ0v) is 45.2. The van der Waals surface area contributed by atoms with Crippen molar-refractivity contribution in [2.75, 3.05) is 0 Å². The van der Waals surface area contributed by atoms with Gasteiger partial charge >= 0.3 is 0 Å². The summed E-state index contributed by atoms with van der Waals surface area (Å²) in [6.45, 7) is 55.7. The molecular weight excluding hydrogens is 792 g/mol. The molecule has 1 heterocycles. The van der Waals surface area contributed by atoms with Gasteiger partial charge in [-0.25, -0.2) is 0 Å². The van der Waals surface area contributed by atoms with E-state index in [0.29, 0.717) is 11.1 Å². The summed E-state index contributed by atoms with van der Waals surface area (Å²) in [5.74, 6) is 0.405. The molecule has 346 valence electrons. The summed E-state index contributed by atoms with van der Waals surface area (Å²) in [6.07, 6.45) is 0. The van der Waals surface area contributed by atoms with Crippen molar-refractivity contribution in [2.45, 2.75) is 222 Å². The molecule has 5 rings (SSSR count). The van der Waals surface area contributed by atoms with Crippen molar-refractivity contribution >= 4 is 30.0 Å². The lowest BCUT2D eigenvalue weighted by Gasteiger charge is -2.36. The maximum atomic E-state index is 13.1. The van der Waals surface area contributed by atoms with Crippen LogP contribution in [0, 0.1) is 0 Å². The summed E-state index contributed by atoms with van der Waals surface area (Å²) in [5, 5.41) is 27.0. The number of rotatable bonds is 3. The fourth-order valence-electron chi connectivity index (χ4n) is 8.56. The minimum atomic E-state index is -2.12. The molecule has 0 saturated carbocycles. The number of hydrogen-bond donors (Lipinski definition) is 2. The molecule has 1 aromatic heterocycles. The SMILES string of the molecule is CC(C)(C)c1cc(C(C)(C)C)c(O)c(C(C)(c2cc(C(C)(C)C)cc(C(C)(C)C)c2O)p2oc3c(C(C)(C)C)cc(C(C)(C)C)cc3c3cc(C(C)(C)C)cc(C(C)(C)C)c3o2)c1. The quantitative estimate of drug-likeness (QED) is 0.189. The molecule has 0 aliphatic heterocycles. The predicted octanol–water partition coefficient (Wildman–Crippen LogP) is 17.9. The van der Waals surface area contributed by atoms with Crippen molar-refractivity contribution in [1.82, 2.24) is 0 Å². The second-order valence-corrected chi connectivity index (χ2v) is 28.9. The van der Waals surface area contributed by atoms with Gasteiger partial charge in [0.15, 0.2) is 0 Å². The standard InChI is InChI=1S/C58H85O4P/c1-50(2,3)34-26-38-39-27-35(51(4,5)6)33-45(57(22,23)24)49(39)62-63(61-48(38)44(32-34)56(19,20)21)58(25,42-30-36(52(7,8)9)28-40(46(42)59)54(13,14)15)43-31-37(53(10,11)12)29-41(47(43)60)55(16,17)18/h26-33,59-60H,1-25H3. The fourth-order valence-corrected chi connectivity index (χ4v) is 10.4.